The summed E-state index contributed by atoms with van der Waals surface area (Å²) in [5.74, 6) is 2.46. The number of rotatable bonds is 7. The van der Waals surface area contributed by atoms with Crippen LogP contribution in [0.4, 0.5) is 0 Å². The summed E-state index contributed by atoms with van der Waals surface area (Å²) >= 11 is 0. The van der Waals surface area contributed by atoms with Gasteiger partial charge in [-0.05, 0) is 24.2 Å². The summed E-state index contributed by atoms with van der Waals surface area (Å²) in [4.78, 5) is 18.7. The zero-order chi connectivity index (χ0) is 12.8. The third-order valence-electron chi connectivity index (χ3n) is 3.69. The Morgan fingerprint density at radius 3 is 2.59 bits per heavy atom. The summed E-state index contributed by atoms with van der Waals surface area (Å²) in [6, 6.07) is 0. The Kier molecular flexibility index (Phi) is 5.39. The summed E-state index contributed by atoms with van der Waals surface area (Å²) in [5.41, 5.74) is 0. The molecule has 1 rings (SSSR count). The van der Waals surface area contributed by atoms with Crippen LogP contribution in [0.3, 0.4) is 0 Å². The lowest BCUT2D eigenvalue weighted by Crippen LogP contribution is -2.14. The molecule has 0 spiro atoms. The van der Waals surface area contributed by atoms with Crippen molar-refractivity contribution in [1.29, 1.82) is 0 Å². The number of aromatic amines is 1. The highest BCUT2D eigenvalue weighted by molar-refractivity contribution is 5.92. The summed E-state index contributed by atoms with van der Waals surface area (Å²) in [6.45, 7) is 8.94. The summed E-state index contributed by atoms with van der Waals surface area (Å²) in [6.07, 6.45) is 6.23. The van der Waals surface area contributed by atoms with E-state index in [-0.39, 0.29) is 5.78 Å². The standard InChI is InChI=1S/C14H24N2O/c1-5-11(3)12(4)8-10(2)9-13(17)14-15-6-7-16-14/h6-7,10-12H,5,8-9H2,1-4H3,(H,15,16). The van der Waals surface area contributed by atoms with Gasteiger partial charge in [-0.2, -0.15) is 0 Å². The summed E-state index contributed by atoms with van der Waals surface area (Å²) in [7, 11) is 0. The Labute approximate surface area is 104 Å². The van der Waals surface area contributed by atoms with Crippen molar-refractivity contribution in [2.75, 3.05) is 0 Å². The topological polar surface area (TPSA) is 45.8 Å². The van der Waals surface area contributed by atoms with Crippen molar-refractivity contribution in [3.05, 3.63) is 18.2 Å². The Morgan fingerprint density at radius 2 is 2.06 bits per heavy atom. The molecule has 1 aromatic rings. The molecule has 3 atom stereocenters. The molecule has 1 N–H and O–H groups in total. The number of carbonyl (C=O) groups is 1. The molecule has 3 unspecified atom stereocenters. The molecule has 0 amide bonds. The highest BCUT2D eigenvalue weighted by Crippen LogP contribution is 2.24. The zero-order valence-electron chi connectivity index (χ0n) is 11.4. The van der Waals surface area contributed by atoms with E-state index in [9.17, 15) is 4.79 Å². The molecule has 3 heteroatoms. The van der Waals surface area contributed by atoms with E-state index < -0.39 is 0 Å². The fourth-order valence-corrected chi connectivity index (χ4v) is 2.18. The third-order valence-corrected chi connectivity index (χ3v) is 3.69. The van der Waals surface area contributed by atoms with Crippen LogP contribution in [-0.4, -0.2) is 15.8 Å². The van der Waals surface area contributed by atoms with E-state index in [4.69, 9.17) is 0 Å². The van der Waals surface area contributed by atoms with E-state index in [1.54, 1.807) is 12.4 Å². The lowest BCUT2D eigenvalue weighted by Gasteiger charge is -2.21. The largest absolute Gasteiger partial charge is 0.342 e. The lowest BCUT2D eigenvalue weighted by molar-refractivity contribution is 0.0947. The number of imidazole rings is 1. The van der Waals surface area contributed by atoms with Crippen molar-refractivity contribution in [2.24, 2.45) is 17.8 Å². The average Bonchev–Trinajstić information content (AvgIpc) is 2.80. The third kappa shape index (κ3) is 4.33. The van der Waals surface area contributed by atoms with E-state index in [0.717, 1.165) is 12.3 Å². The molecule has 0 aliphatic carbocycles. The highest BCUT2D eigenvalue weighted by Gasteiger charge is 2.18. The van der Waals surface area contributed by atoms with Crippen molar-refractivity contribution < 1.29 is 4.79 Å². The van der Waals surface area contributed by atoms with Gasteiger partial charge in [0, 0.05) is 18.8 Å². The molecule has 0 saturated heterocycles. The Morgan fingerprint density at radius 1 is 1.35 bits per heavy atom. The number of ketones is 1. The number of Topliss-reactive ketones (excluding diaryl/α,β-unsaturated/α-hetero) is 1. The summed E-state index contributed by atoms with van der Waals surface area (Å²) in [5, 5.41) is 0. The van der Waals surface area contributed by atoms with Crippen molar-refractivity contribution in [3.63, 3.8) is 0 Å². The first-order chi connectivity index (χ1) is 8.04. The van der Waals surface area contributed by atoms with Crippen LogP contribution in [0, 0.1) is 17.8 Å². The molecule has 0 bridgehead atoms. The monoisotopic (exact) mass is 236 g/mol. The minimum Gasteiger partial charge on any atom is -0.342 e. The van der Waals surface area contributed by atoms with Gasteiger partial charge in [0.15, 0.2) is 11.6 Å². The number of hydrogen-bond donors (Lipinski definition) is 1. The molecule has 0 fully saturated rings. The van der Waals surface area contributed by atoms with E-state index in [0.29, 0.717) is 24.1 Å². The predicted octanol–water partition coefficient (Wildman–Crippen LogP) is 3.69. The van der Waals surface area contributed by atoms with Crippen molar-refractivity contribution in [2.45, 2.75) is 47.0 Å². The minimum absolute atomic E-state index is 0.124. The maximum absolute atomic E-state index is 11.8. The fourth-order valence-electron chi connectivity index (χ4n) is 2.18. The Bertz CT molecular complexity index is 332. The molecule has 0 saturated carbocycles. The van der Waals surface area contributed by atoms with Crippen molar-refractivity contribution in [3.8, 4) is 0 Å². The molecule has 0 aromatic carbocycles. The molecule has 1 aromatic heterocycles. The quantitative estimate of drug-likeness (QED) is 0.734. The van der Waals surface area contributed by atoms with E-state index >= 15 is 0 Å². The van der Waals surface area contributed by atoms with Gasteiger partial charge in [-0.25, -0.2) is 4.98 Å². The Balaban J connectivity index is 2.39. The van der Waals surface area contributed by atoms with E-state index in [1.165, 1.54) is 6.42 Å². The zero-order valence-corrected chi connectivity index (χ0v) is 11.4. The van der Waals surface area contributed by atoms with Gasteiger partial charge in [-0.3, -0.25) is 4.79 Å². The maximum atomic E-state index is 11.8. The van der Waals surface area contributed by atoms with Crippen LogP contribution in [0.5, 0.6) is 0 Å². The maximum Gasteiger partial charge on any atom is 0.198 e. The SMILES string of the molecule is CCC(C)C(C)CC(C)CC(=O)c1ncc[nH]1. The number of nitrogens with one attached hydrogen (secondary N) is 1. The van der Waals surface area contributed by atoms with Crippen LogP contribution in [0.1, 0.15) is 57.6 Å². The molecule has 96 valence electrons. The van der Waals surface area contributed by atoms with Gasteiger partial charge in [-0.15, -0.1) is 0 Å². The van der Waals surface area contributed by atoms with Crippen molar-refractivity contribution in [1.82, 2.24) is 9.97 Å². The molecule has 17 heavy (non-hydrogen) atoms. The van der Waals surface area contributed by atoms with Gasteiger partial charge in [0.1, 0.15) is 0 Å². The molecular weight excluding hydrogens is 212 g/mol. The first kappa shape index (κ1) is 13.9. The smallest absolute Gasteiger partial charge is 0.198 e. The van der Waals surface area contributed by atoms with Gasteiger partial charge >= 0.3 is 0 Å². The lowest BCUT2D eigenvalue weighted by atomic mass is 9.84. The number of carbonyl (C=O) groups excluding carboxylic acids is 1. The van der Waals surface area contributed by atoms with Crippen LogP contribution in [0.15, 0.2) is 12.4 Å². The summed E-state index contributed by atoms with van der Waals surface area (Å²) < 4.78 is 0. The van der Waals surface area contributed by atoms with Crippen LogP contribution < -0.4 is 0 Å². The van der Waals surface area contributed by atoms with Crippen LogP contribution >= 0.6 is 0 Å². The number of aromatic nitrogens is 2. The first-order valence-electron chi connectivity index (χ1n) is 6.57. The van der Waals surface area contributed by atoms with Gasteiger partial charge in [0.2, 0.25) is 0 Å². The number of hydrogen-bond acceptors (Lipinski definition) is 2. The second-order valence-corrected chi connectivity index (χ2v) is 5.27. The number of H-pyrrole nitrogens is 1. The molecule has 0 aliphatic rings. The second-order valence-electron chi connectivity index (χ2n) is 5.27. The molecule has 0 radical (unpaired) electrons. The van der Waals surface area contributed by atoms with Crippen LogP contribution in [0.2, 0.25) is 0 Å². The normalized spacial score (nSPS) is 16.5. The number of nitrogens with zero attached hydrogens (tertiary/aromatic N) is 1. The molecular formula is C14H24N2O. The van der Waals surface area contributed by atoms with Gasteiger partial charge in [-0.1, -0.05) is 34.1 Å². The van der Waals surface area contributed by atoms with Gasteiger partial charge in [0.25, 0.3) is 0 Å². The minimum atomic E-state index is 0.124. The highest BCUT2D eigenvalue weighted by atomic mass is 16.1. The fraction of sp³-hybridized carbons (Fsp3) is 0.714. The molecule has 0 aliphatic heterocycles. The van der Waals surface area contributed by atoms with Gasteiger partial charge < -0.3 is 4.98 Å². The molecule has 1 heterocycles. The van der Waals surface area contributed by atoms with E-state index in [2.05, 4.69) is 37.7 Å². The van der Waals surface area contributed by atoms with E-state index in [1.807, 2.05) is 0 Å². The first-order valence-corrected chi connectivity index (χ1v) is 6.57. The van der Waals surface area contributed by atoms with Crippen molar-refractivity contribution >= 4 is 5.78 Å². The van der Waals surface area contributed by atoms with Crippen LogP contribution in [0.25, 0.3) is 0 Å². The van der Waals surface area contributed by atoms with Gasteiger partial charge in [0.05, 0.1) is 0 Å². The molecule has 3 nitrogen and oxygen atoms in total. The van der Waals surface area contributed by atoms with Crippen LogP contribution in [-0.2, 0) is 0 Å². The Hall–Kier alpha value is -1.12. The predicted molar refractivity (Wildman–Crippen MR) is 69.9 cm³/mol. The second kappa shape index (κ2) is 6.58. The average molecular weight is 236 g/mol.